The Balaban J connectivity index is 1.81. The molecule has 0 unspecified atom stereocenters. The molecule has 110 valence electrons. The Hall–Kier alpha value is -2.27. The Morgan fingerprint density at radius 3 is 2.38 bits per heavy atom. The smallest absolute Gasteiger partial charge is 0.263 e. The van der Waals surface area contributed by atoms with E-state index in [1.807, 2.05) is 6.92 Å². The molecule has 2 aromatic rings. The first-order valence-electron chi connectivity index (χ1n) is 6.44. The van der Waals surface area contributed by atoms with Crippen molar-refractivity contribution in [2.75, 3.05) is 18.5 Å². The number of nitrogens with one attached hydrogen (secondary N) is 1. The third kappa shape index (κ3) is 4.96. The van der Waals surface area contributed by atoms with Crippen LogP contribution >= 0.6 is 11.6 Å². The predicted octanol–water partition coefficient (Wildman–Crippen LogP) is 3.15. The van der Waals surface area contributed by atoms with E-state index in [0.717, 1.165) is 5.75 Å². The highest BCUT2D eigenvalue weighted by Gasteiger charge is 2.05. The van der Waals surface area contributed by atoms with Crippen molar-refractivity contribution in [1.29, 1.82) is 0 Å². The predicted molar refractivity (Wildman–Crippen MR) is 81.0 cm³/mol. The molecule has 1 heterocycles. The summed E-state index contributed by atoms with van der Waals surface area (Å²) in [5.74, 6) is 1.50. The van der Waals surface area contributed by atoms with E-state index in [1.54, 1.807) is 36.4 Å². The molecule has 0 aliphatic rings. The second-order valence-electron chi connectivity index (χ2n) is 4.10. The zero-order valence-electron chi connectivity index (χ0n) is 11.5. The number of rotatable bonds is 6. The van der Waals surface area contributed by atoms with Gasteiger partial charge in [0, 0.05) is 6.20 Å². The summed E-state index contributed by atoms with van der Waals surface area (Å²) in [4.78, 5) is 15.7. The van der Waals surface area contributed by atoms with Crippen LogP contribution in [0.4, 0.5) is 5.82 Å². The number of aromatic nitrogens is 1. The van der Waals surface area contributed by atoms with Crippen LogP contribution in [-0.2, 0) is 4.79 Å². The quantitative estimate of drug-likeness (QED) is 0.890. The minimum Gasteiger partial charge on any atom is -0.494 e. The Morgan fingerprint density at radius 2 is 1.81 bits per heavy atom. The number of halogens is 1. The number of hydrogen-bond acceptors (Lipinski definition) is 4. The number of pyridine rings is 1. The summed E-state index contributed by atoms with van der Waals surface area (Å²) in [6.07, 6.45) is 1.46. The molecule has 5 nitrogen and oxygen atoms in total. The molecule has 0 aliphatic carbocycles. The van der Waals surface area contributed by atoms with Gasteiger partial charge in [0.25, 0.3) is 5.91 Å². The van der Waals surface area contributed by atoms with Gasteiger partial charge in [0.1, 0.15) is 17.3 Å². The first-order chi connectivity index (χ1) is 10.2. The SMILES string of the molecule is CCOc1ccc(OCC(=O)Nc2ccc(Cl)cn2)cc1. The standard InChI is InChI=1S/C15H15ClN2O3/c1-2-20-12-4-6-13(7-5-12)21-10-15(19)18-14-8-3-11(16)9-17-14/h3-9H,2,10H2,1H3,(H,17,18,19). The van der Waals surface area contributed by atoms with Gasteiger partial charge in [-0.25, -0.2) is 4.98 Å². The molecule has 0 aliphatic heterocycles. The second kappa shape index (κ2) is 7.50. The summed E-state index contributed by atoms with van der Waals surface area (Å²) in [7, 11) is 0. The molecule has 1 aromatic heterocycles. The first kappa shape index (κ1) is 15.1. The lowest BCUT2D eigenvalue weighted by Crippen LogP contribution is -2.20. The molecule has 1 N–H and O–H groups in total. The fourth-order valence-corrected chi connectivity index (χ4v) is 1.69. The highest BCUT2D eigenvalue weighted by molar-refractivity contribution is 6.30. The van der Waals surface area contributed by atoms with Gasteiger partial charge in [-0.2, -0.15) is 0 Å². The summed E-state index contributed by atoms with van der Waals surface area (Å²) in [6, 6.07) is 10.3. The van der Waals surface area contributed by atoms with Crippen LogP contribution in [0.25, 0.3) is 0 Å². The van der Waals surface area contributed by atoms with Gasteiger partial charge in [-0.15, -0.1) is 0 Å². The van der Waals surface area contributed by atoms with Crippen molar-refractivity contribution in [1.82, 2.24) is 4.98 Å². The van der Waals surface area contributed by atoms with E-state index < -0.39 is 0 Å². The molecular formula is C15H15ClN2O3. The van der Waals surface area contributed by atoms with E-state index in [-0.39, 0.29) is 12.5 Å². The van der Waals surface area contributed by atoms with Crippen LogP contribution < -0.4 is 14.8 Å². The highest BCUT2D eigenvalue weighted by atomic mass is 35.5. The van der Waals surface area contributed by atoms with Crippen LogP contribution in [0.3, 0.4) is 0 Å². The van der Waals surface area contributed by atoms with E-state index in [4.69, 9.17) is 21.1 Å². The van der Waals surface area contributed by atoms with E-state index in [1.165, 1.54) is 6.20 Å². The van der Waals surface area contributed by atoms with Crippen molar-refractivity contribution < 1.29 is 14.3 Å². The number of benzene rings is 1. The lowest BCUT2D eigenvalue weighted by molar-refractivity contribution is -0.118. The third-order valence-corrected chi connectivity index (χ3v) is 2.72. The summed E-state index contributed by atoms with van der Waals surface area (Å²) in [5, 5.41) is 3.13. The molecule has 0 radical (unpaired) electrons. The van der Waals surface area contributed by atoms with Crippen LogP contribution in [0.15, 0.2) is 42.6 Å². The normalized spacial score (nSPS) is 10.0. The molecule has 21 heavy (non-hydrogen) atoms. The molecule has 0 spiro atoms. The monoisotopic (exact) mass is 306 g/mol. The first-order valence-corrected chi connectivity index (χ1v) is 6.82. The molecule has 0 saturated carbocycles. The van der Waals surface area contributed by atoms with Crippen LogP contribution in [0, 0.1) is 0 Å². The fraction of sp³-hybridized carbons (Fsp3) is 0.200. The molecule has 0 fully saturated rings. The molecule has 1 amide bonds. The lowest BCUT2D eigenvalue weighted by Gasteiger charge is -2.08. The number of hydrogen-bond donors (Lipinski definition) is 1. The van der Waals surface area contributed by atoms with Gasteiger partial charge in [0.2, 0.25) is 0 Å². The van der Waals surface area contributed by atoms with Crippen LogP contribution in [0.2, 0.25) is 5.02 Å². The van der Waals surface area contributed by atoms with E-state index in [0.29, 0.717) is 23.2 Å². The molecule has 6 heteroatoms. The zero-order chi connectivity index (χ0) is 15.1. The van der Waals surface area contributed by atoms with Gasteiger partial charge in [-0.05, 0) is 43.3 Å². The van der Waals surface area contributed by atoms with Crippen LogP contribution in [0.5, 0.6) is 11.5 Å². The number of carbonyl (C=O) groups excluding carboxylic acids is 1. The minimum atomic E-state index is -0.293. The van der Waals surface area contributed by atoms with Crippen molar-refractivity contribution in [3.8, 4) is 11.5 Å². The summed E-state index contributed by atoms with van der Waals surface area (Å²) in [6.45, 7) is 2.43. The number of anilines is 1. The highest BCUT2D eigenvalue weighted by Crippen LogP contribution is 2.17. The molecule has 0 saturated heterocycles. The van der Waals surface area contributed by atoms with Crippen molar-refractivity contribution in [3.63, 3.8) is 0 Å². The number of amides is 1. The Morgan fingerprint density at radius 1 is 1.14 bits per heavy atom. The van der Waals surface area contributed by atoms with Gasteiger partial charge in [0.05, 0.1) is 11.6 Å². The van der Waals surface area contributed by atoms with E-state index in [2.05, 4.69) is 10.3 Å². The van der Waals surface area contributed by atoms with Crippen molar-refractivity contribution in [2.24, 2.45) is 0 Å². The van der Waals surface area contributed by atoms with Gasteiger partial charge >= 0.3 is 0 Å². The lowest BCUT2D eigenvalue weighted by atomic mass is 10.3. The largest absolute Gasteiger partial charge is 0.494 e. The van der Waals surface area contributed by atoms with Crippen LogP contribution in [-0.4, -0.2) is 24.1 Å². The van der Waals surface area contributed by atoms with Crippen molar-refractivity contribution in [3.05, 3.63) is 47.6 Å². The second-order valence-corrected chi connectivity index (χ2v) is 4.54. The minimum absolute atomic E-state index is 0.0989. The number of ether oxygens (including phenoxy) is 2. The van der Waals surface area contributed by atoms with Gasteiger partial charge < -0.3 is 14.8 Å². The molecule has 1 aromatic carbocycles. The fourth-order valence-electron chi connectivity index (χ4n) is 1.58. The summed E-state index contributed by atoms with van der Waals surface area (Å²) >= 11 is 5.71. The third-order valence-electron chi connectivity index (χ3n) is 2.50. The van der Waals surface area contributed by atoms with Gasteiger partial charge in [-0.3, -0.25) is 4.79 Å². The van der Waals surface area contributed by atoms with Gasteiger partial charge in [-0.1, -0.05) is 11.6 Å². The number of nitrogens with zero attached hydrogens (tertiary/aromatic N) is 1. The Bertz CT molecular complexity index is 585. The average Bonchev–Trinajstić information content (AvgIpc) is 2.49. The average molecular weight is 307 g/mol. The van der Waals surface area contributed by atoms with E-state index in [9.17, 15) is 4.79 Å². The van der Waals surface area contributed by atoms with E-state index >= 15 is 0 Å². The Labute approximate surface area is 127 Å². The summed E-state index contributed by atoms with van der Waals surface area (Å²) in [5.41, 5.74) is 0. The topological polar surface area (TPSA) is 60.5 Å². The molecular weight excluding hydrogens is 292 g/mol. The maximum Gasteiger partial charge on any atom is 0.263 e. The Kier molecular flexibility index (Phi) is 5.40. The zero-order valence-corrected chi connectivity index (χ0v) is 12.3. The number of carbonyl (C=O) groups is 1. The maximum atomic E-state index is 11.7. The van der Waals surface area contributed by atoms with Gasteiger partial charge in [0.15, 0.2) is 6.61 Å². The van der Waals surface area contributed by atoms with Crippen molar-refractivity contribution in [2.45, 2.75) is 6.92 Å². The molecule has 0 atom stereocenters. The summed E-state index contributed by atoms with van der Waals surface area (Å²) < 4.78 is 10.7. The van der Waals surface area contributed by atoms with Crippen LogP contribution in [0.1, 0.15) is 6.92 Å². The molecule has 2 rings (SSSR count). The molecule has 0 bridgehead atoms. The maximum absolute atomic E-state index is 11.7. The van der Waals surface area contributed by atoms with Crippen molar-refractivity contribution >= 4 is 23.3 Å².